The van der Waals surface area contributed by atoms with Crippen LogP contribution in [0.3, 0.4) is 0 Å². The van der Waals surface area contributed by atoms with Crippen molar-refractivity contribution in [2.45, 2.75) is 57.9 Å². The highest BCUT2D eigenvalue weighted by Gasteiger charge is 2.26. The highest BCUT2D eigenvalue weighted by Crippen LogP contribution is 2.30. The molecule has 10 heteroatoms. The van der Waals surface area contributed by atoms with Gasteiger partial charge in [0.25, 0.3) is 0 Å². The summed E-state index contributed by atoms with van der Waals surface area (Å²) in [7, 11) is 0. The van der Waals surface area contributed by atoms with Gasteiger partial charge in [0.05, 0.1) is 35.8 Å². The summed E-state index contributed by atoms with van der Waals surface area (Å²) in [6.07, 6.45) is 3.12. The third-order valence-corrected chi connectivity index (χ3v) is 8.70. The van der Waals surface area contributed by atoms with Crippen molar-refractivity contribution in [2.24, 2.45) is 0 Å². The number of hydrogen-bond acceptors (Lipinski definition) is 8. The molecule has 0 saturated carbocycles. The molecular formula is C30H32N4O5S. The Balaban J connectivity index is 1.10. The lowest BCUT2D eigenvalue weighted by Crippen LogP contribution is -2.35. The number of carboxylic acids is 1. The van der Waals surface area contributed by atoms with Crippen molar-refractivity contribution < 1.29 is 24.2 Å². The number of rotatable bonds is 10. The number of nitrogens with zero attached hydrogens (tertiary/aromatic N) is 4. The maximum atomic E-state index is 11.6. The van der Waals surface area contributed by atoms with Gasteiger partial charge >= 0.3 is 5.97 Å². The third-order valence-electron chi connectivity index (χ3n) is 7.79. The molecule has 2 aliphatic heterocycles. The highest BCUT2D eigenvalue weighted by atomic mass is 32.1. The minimum absolute atomic E-state index is 0.0610. The van der Waals surface area contributed by atoms with Gasteiger partial charge in [-0.05, 0) is 69.6 Å². The molecule has 5 heterocycles. The quantitative estimate of drug-likeness (QED) is 0.266. The summed E-state index contributed by atoms with van der Waals surface area (Å²) in [6, 6.07) is 13.0. The van der Waals surface area contributed by atoms with Crippen LogP contribution in [0, 0.1) is 0 Å². The molecule has 0 spiro atoms. The van der Waals surface area contributed by atoms with Crippen LogP contribution >= 0.6 is 11.3 Å². The van der Waals surface area contributed by atoms with Gasteiger partial charge in [0.1, 0.15) is 12.4 Å². The molecule has 0 unspecified atom stereocenters. The number of benzene rings is 1. The van der Waals surface area contributed by atoms with Crippen LogP contribution in [0.25, 0.3) is 11.0 Å². The number of carboxylic acid groups (broad SMARTS) is 1. The van der Waals surface area contributed by atoms with Crippen molar-refractivity contribution >= 4 is 34.1 Å². The lowest BCUT2D eigenvalue weighted by atomic mass is 9.93. The van der Waals surface area contributed by atoms with Crippen molar-refractivity contribution in [2.75, 3.05) is 19.7 Å². The van der Waals surface area contributed by atoms with E-state index in [0.29, 0.717) is 37.1 Å². The van der Waals surface area contributed by atoms with Crippen LogP contribution < -0.4 is 4.74 Å². The first-order valence-corrected chi connectivity index (χ1v) is 14.6. The first kappa shape index (κ1) is 26.6. The molecular weight excluding hydrogens is 528 g/mol. The SMILES string of the molecule is CC(=O)c1csc(COc2cccc(C3CCN(Cc4nc5ccc(C(=O)O)cc5n4C[C@@H]4CCO4)CC3)n2)c1. The molecule has 0 amide bonds. The van der Waals surface area contributed by atoms with Gasteiger partial charge in [0.2, 0.25) is 5.88 Å². The molecule has 2 fully saturated rings. The maximum absolute atomic E-state index is 11.6. The summed E-state index contributed by atoms with van der Waals surface area (Å²) in [6.45, 7) is 5.97. The monoisotopic (exact) mass is 560 g/mol. The predicted molar refractivity (Wildman–Crippen MR) is 151 cm³/mol. The van der Waals surface area contributed by atoms with Crippen molar-refractivity contribution in [3.63, 3.8) is 0 Å². The smallest absolute Gasteiger partial charge is 0.335 e. The molecule has 2 saturated heterocycles. The van der Waals surface area contributed by atoms with Gasteiger partial charge in [-0.15, -0.1) is 11.3 Å². The lowest BCUT2D eigenvalue weighted by molar-refractivity contribution is -0.0592. The van der Waals surface area contributed by atoms with Gasteiger partial charge in [-0.1, -0.05) is 6.07 Å². The van der Waals surface area contributed by atoms with Gasteiger partial charge in [-0.3, -0.25) is 9.69 Å². The van der Waals surface area contributed by atoms with E-state index in [-0.39, 0.29) is 17.5 Å². The number of carbonyl (C=O) groups excluding carboxylic acids is 1. The number of imidazole rings is 1. The average Bonchev–Trinajstić information content (AvgIpc) is 3.54. The first-order valence-electron chi connectivity index (χ1n) is 13.7. The summed E-state index contributed by atoms with van der Waals surface area (Å²) in [5.41, 5.74) is 3.69. The second-order valence-corrected chi connectivity index (χ2v) is 11.5. The maximum Gasteiger partial charge on any atom is 0.335 e. The molecule has 1 N–H and O–H groups in total. The predicted octanol–water partition coefficient (Wildman–Crippen LogP) is 5.14. The fourth-order valence-corrected chi connectivity index (χ4v) is 6.21. The van der Waals surface area contributed by atoms with E-state index in [1.807, 2.05) is 23.6 Å². The largest absolute Gasteiger partial charge is 0.478 e. The second-order valence-electron chi connectivity index (χ2n) is 10.5. The Morgan fingerprint density at radius 3 is 2.62 bits per heavy atom. The van der Waals surface area contributed by atoms with Crippen molar-refractivity contribution in [1.82, 2.24) is 19.4 Å². The highest BCUT2D eigenvalue weighted by molar-refractivity contribution is 7.10. The zero-order valence-electron chi connectivity index (χ0n) is 22.4. The van der Waals surface area contributed by atoms with E-state index in [0.717, 1.165) is 66.4 Å². The Bertz CT molecular complexity index is 1530. The van der Waals surface area contributed by atoms with Gasteiger partial charge < -0.3 is 19.1 Å². The number of ketones is 1. The summed E-state index contributed by atoms with van der Waals surface area (Å²) in [5.74, 6) is 1.03. The normalized spacial score (nSPS) is 18.1. The van der Waals surface area contributed by atoms with Gasteiger partial charge in [-0.25, -0.2) is 14.8 Å². The zero-order chi connectivity index (χ0) is 27.6. The van der Waals surface area contributed by atoms with Crippen molar-refractivity contribution in [1.29, 1.82) is 0 Å². The number of aromatic nitrogens is 3. The topological polar surface area (TPSA) is 107 Å². The van der Waals surface area contributed by atoms with Crippen LogP contribution in [0.1, 0.15) is 69.2 Å². The third kappa shape index (κ3) is 5.79. The summed E-state index contributed by atoms with van der Waals surface area (Å²) < 4.78 is 13.8. The molecule has 1 aromatic carbocycles. The summed E-state index contributed by atoms with van der Waals surface area (Å²) in [4.78, 5) is 36.2. The van der Waals surface area contributed by atoms with E-state index in [9.17, 15) is 14.7 Å². The Labute approximate surface area is 236 Å². The summed E-state index contributed by atoms with van der Waals surface area (Å²) >= 11 is 1.52. The van der Waals surface area contributed by atoms with E-state index in [1.165, 1.54) is 11.3 Å². The molecule has 40 heavy (non-hydrogen) atoms. The number of ether oxygens (including phenoxy) is 2. The molecule has 3 aromatic heterocycles. The van der Waals surface area contributed by atoms with Crippen molar-refractivity contribution in [3.8, 4) is 5.88 Å². The van der Waals surface area contributed by atoms with E-state index in [4.69, 9.17) is 19.4 Å². The number of pyridine rings is 1. The molecule has 0 aliphatic carbocycles. The number of carbonyl (C=O) groups is 2. The number of Topliss-reactive ketones (excluding diaryl/α,β-unsaturated/α-hetero) is 1. The van der Waals surface area contributed by atoms with E-state index in [1.54, 1.807) is 25.1 Å². The van der Waals surface area contributed by atoms with E-state index < -0.39 is 5.97 Å². The van der Waals surface area contributed by atoms with E-state index in [2.05, 4.69) is 15.5 Å². The molecule has 4 aromatic rings. The van der Waals surface area contributed by atoms with Crippen LogP contribution in [0.15, 0.2) is 47.8 Å². The number of piperidine rings is 1. The van der Waals surface area contributed by atoms with Crippen molar-refractivity contribution in [3.05, 3.63) is 75.4 Å². The number of fused-ring (bicyclic) bond motifs is 1. The molecule has 9 nitrogen and oxygen atoms in total. The molecule has 6 rings (SSSR count). The number of aromatic carboxylic acids is 1. The van der Waals surface area contributed by atoms with Gasteiger partial charge in [0.15, 0.2) is 5.78 Å². The Morgan fingerprint density at radius 1 is 1.10 bits per heavy atom. The molecule has 2 aliphatic rings. The Morgan fingerprint density at radius 2 is 1.93 bits per heavy atom. The lowest BCUT2D eigenvalue weighted by Gasteiger charge is -2.32. The number of likely N-dealkylation sites (tertiary alicyclic amines) is 1. The number of thiophene rings is 1. The van der Waals surface area contributed by atoms with Gasteiger partial charge in [0, 0.05) is 40.1 Å². The summed E-state index contributed by atoms with van der Waals surface area (Å²) in [5, 5.41) is 11.4. The Hall–Kier alpha value is -3.60. The number of hydrogen-bond donors (Lipinski definition) is 1. The second kappa shape index (κ2) is 11.5. The minimum atomic E-state index is -0.935. The van der Waals surface area contributed by atoms with Crippen LogP contribution in [0.2, 0.25) is 0 Å². The first-order chi connectivity index (χ1) is 19.4. The molecule has 0 radical (unpaired) electrons. The Kier molecular flexibility index (Phi) is 7.64. The fraction of sp³-hybridized carbons (Fsp3) is 0.400. The minimum Gasteiger partial charge on any atom is -0.478 e. The van der Waals surface area contributed by atoms with E-state index >= 15 is 0 Å². The molecule has 0 bridgehead atoms. The molecule has 1 atom stereocenters. The standard InChI is InChI=1S/C30H32N4O5S/c1-19(35)22-13-24(40-18-22)17-39-29-4-2-3-25(32-29)20-7-10-33(11-8-20)16-28-31-26-6-5-21(30(36)37)14-27(26)34(28)15-23-9-12-38-23/h2-6,13-14,18,20,23H,7-12,15-17H2,1H3,(H,36,37)/t23-/m0/s1. The fourth-order valence-electron chi connectivity index (χ4n) is 5.37. The zero-order valence-corrected chi connectivity index (χ0v) is 23.2. The molecule has 208 valence electrons. The van der Waals surface area contributed by atoms with Crippen LogP contribution in [-0.2, 0) is 24.4 Å². The van der Waals surface area contributed by atoms with Crippen LogP contribution in [0.4, 0.5) is 0 Å². The average molecular weight is 561 g/mol. The van der Waals surface area contributed by atoms with Crippen LogP contribution in [0.5, 0.6) is 5.88 Å². The van der Waals surface area contributed by atoms with Gasteiger partial charge in [-0.2, -0.15) is 0 Å². The van der Waals surface area contributed by atoms with Crippen LogP contribution in [-0.4, -0.2) is 62.1 Å².